The van der Waals surface area contributed by atoms with Gasteiger partial charge >= 0.3 is 0 Å². The molecule has 4 heteroatoms. The van der Waals surface area contributed by atoms with Crippen molar-refractivity contribution in [2.75, 3.05) is 18.6 Å². The van der Waals surface area contributed by atoms with Gasteiger partial charge in [0.05, 0.1) is 0 Å². The molecule has 1 N–H and O–H groups in total. The van der Waals surface area contributed by atoms with Crippen molar-refractivity contribution in [2.45, 2.75) is 0 Å². The zero-order valence-electron chi connectivity index (χ0n) is 11.0. The van der Waals surface area contributed by atoms with Crippen LogP contribution in [0.5, 0.6) is 0 Å². The highest BCUT2D eigenvalue weighted by molar-refractivity contribution is 7.70. The van der Waals surface area contributed by atoms with Crippen LogP contribution >= 0.6 is 7.14 Å². The zero-order chi connectivity index (χ0) is 13.9. The second-order valence-electron chi connectivity index (χ2n) is 4.77. The number of nitrogens with one attached hydrogen (secondary N) is 1. The van der Waals surface area contributed by atoms with Gasteiger partial charge in [0.25, 0.3) is 0 Å². The highest BCUT2D eigenvalue weighted by Crippen LogP contribution is 2.35. The van der Waals surface area contributed by atoms with E-state index < -0.39 is 7.14 Å². The molecule has 2 rings (SSSR count). The van der Waals surface area contributed by atoms with E-state index in [9.17, 15) is 9.36 Å². The topological polar surface area (TPSA) is 46.2 Å². The van der Waals surface area contributed by atoms with Crippen LogP contribution in [0, 0.1) is 0 Å². The van der Waals surface area contributed by atoms with Gasteiger partial charge in [-0.2, -0.15) is 0 Å². The molecule has 2 aromatic rings. The molecule has 0 heterocycles. The Kier molecular flexibility index (Phi) is 3.87. The smallest absolute Gasteiger partial charge is 0.150 e. The zero-order valence-corrected chi connectivity index (χ0v) is 11.9. The highest BCUT2D eigenvalue weighted by atomic mass is 31.2. The van der Waals surface area contributed by atoms with Crippen LogP contribution in [0.25, 0.3) is 0 Å². The lowest BCUT2D eigenvalue weighted by atomic mass is 10.2. The second-order valence-corrected chi connectivity index (χ2v) is 7.99. The van der Waals surface area contributed by atoms with Gasteiger partial charge in [-0.15, -0.1) is 0 Å². The summed E-state index contributed by atoms with van der Waals surface area (Å²) in [6, 6.07) is 14.8. The maximum Gasteiger partial charge on any atom is 0.150 e. The van der Waals surface area contributed by atoms with Gasteiger partial charge < -0.3 is 9.88 Å². The Balaban J connectivity index is 2.28. The van der Waals surface area contributed by atoms with Crippen LogP contribution in [0.1, 0.15) is 10.4 Å². The summed E-state index contributed by atoms with van der Waals surface area (Å²) < 4.78 is 12.0. The van der Waals surface area contributed by atoms with Crippen molar-refractivity contribution in [1.29, 1.82) is 0 Å². The number of benzene rings is 2. The van der Waals surface area contributed by atoms with Crippen molar-refractivity contribution in [3.8, 4) is 0 Å². The molecule has 0 bridgehead atoms. The normalized spacial score (nSPS) is 11.1. The van der Waals surface area contributed by atoms with E-state index in [0.717, 1.165) is 23.0 Å². The van der Waals surface area contributed by atoms with E-state index >= 15 is 0 Å². The van der Waals surface area contributed by atoms with E-state index in [1.54, 1.807) is 25.5 Å². The molecule has 3 nitrogen and oxygen atoms in total. The number of rotatable bonds is 4. The van der Waals surface area contributed by atoms with Gasteiger partial charge in [-0.1, -0.05) is 24.3 Å². The summed E-state index contributed by atoms with van der Waals surface area (Å²) in [4.78, 5) is 10.7. The van der Waals surface area contributed by atoms with Gasteiger partial charge in [-0.3, -0.25) is 4.79 Å². The summed E-state index contributed by atoms with van der Waals surface area (Å²) in [5.41, 5.74) is 2.33. The molecule has 0 amide bonds. The molecule has 0 saturated heterocycles. The summed E-state index contributed by atoms with van der Waals surface area (Å²) in [5.74, 6) is 0. The molecule has 0 saturated carbocycles. The summed E-state index contributed by atoms with van der Waals surface area (Å²) in [7, 11) is -2.26. The molecule has 0 aliphatic rings. The maximum atomic E-state index is 12.0. The first-order chi connectivity index (χ1) is 8.99. The third kappa shape index (κ3) is 3.55. The van der Waals surface area contributed by atoms with Gasteiger partial charge in [0.2, 0.25) is 0 Å². The van der Waals surface area contributed by atoms with Crippen LogP contribution in [0.3, 0.4) is 0 Å². The summed E-state index contributed by atoms with van der Waals surface area (Å²) in [6.07, 6.45) is 0.813. The first kappa shape index (κ1) is 13.6. The minimum Gasteiger partial charge on any atom is -0.355 e. The first-order valence-corrected chi connectivity index (χ1v) is 8.57. The molecule has 0 aliphatic heterocycles. The number of carbonyl (C=O) groups is 1. The van der Waals surface area contributed by atoms with E-state index in [-0.39, 0.29) is 0 Å². The molecule has 0 aromatic heterocycles. The van der Waals surface area contributed by atoms with Gasteiger partial charge in [-0.05, 0) is 37.6 Å². The number of carbonyl (C=O) groups excluding carboxylic acids is 1. The summed E-state index contributed by atoms with van der Waals surface area (Å²) in [5, 5.41) is 4.05. The Morgan fingerprint density at radius 2 is 1.63 bits per heavy atom. The van der Waals surface area contributed by atoms with E-state index in [0.29, 0.717) is 5.56 Å². The van der Waals surface area contributed by atoms with Gasteiger partial charge in [0.15, 0.2) is 0 Å². The Hall–Kier alpha value is -1.86. The van der Waals surface area contributed by atoms with E-state index in [1.165, 1.54) is 0 Å². The lowest BCUT2D eigenvalue weighted by Crippen LogP contribution is -2.03. The van der Waals surface area contributed by atoms with E-state index in [2.05, 4.69) is 5.32 Å². The van der Waals surface area contributed by atoms with Crippen LogP contribution in [0.2, 0.25) is 0 Å². The SMILES string of the molecule is CP(C)(=O)c1cccc(Nc2cccc(C=O)c2)c1. The Labute approximate surface area is 113 Å². The van der Waals surface area contributed by atoms with E-state index in [4.69, 9.17) is 0 Å². The summed E-state index contributed by atoms with van der Waals surface area (Å²) >= 11 is 0. The molecular weight excluding hydrogens is 257 g/mol. The molecule has 2 aromatic carbocycles. The average molecular weight is 273 g/mol. The van der Waals surface area contributed by atoms with Crippen LogP contribution in [0.15, 0.2) is 48.5 Å². The Bertz CT molecular complexity index is 646. The first-order valence-electron chi connectivity index (χ1n) is 5.97. The van der Waals surface area contributed by atoms with Gasteiger partial charge in [0.1, 0.15) is 13.4 Å². The average Bonchev–Trinajstić information content (AvgIpc) is 2.38. The molecule has 0 radical (unpaired) electrons. The molecule has 0 atom stereocenters. The van der Waals surface area contributed by atoms with Crippen LogP contribution in [-0.4, -0.2) is 19.6 Å². The predicted octanol–water partition coefficient (Wildman–Crippen LogP) is 3.49. The fourth-order valence-corrected chi connectivity index (χ4v) is 2.67. The van der Waals surface area contributed by atoms with Crippen molar-refractivity contribution < 1.29 is 9.36 Å². The minimum atomic E-state index is -2.26. The van der Waals surface area contributed by atoms with Crippen LogP contribution < -0.4 is 10.6 Å². The van der Waals surface area contributed by atoms with Gasteiger partial charge in [0, 0.05) is 22.2 Å². The molecule has 0 fully saturated rings. The van der Waals surface area contributed by atoms with Crippen molar-refractivity contribution in [2.24, 2.45) is 0 Å². The predicted molar refractivity (Wildman–Crippen MR) is 80.6 cm³/mol. The molecule has 19 heavy (non-hydrogen) atoms. The minimum absolute atomic E-state index is 0.623. The number of hydrogen-bond acceptors (Lipinski definition) is 3. The molecule has 0 spiro atoms. The lowest BCUT2D eigenvalue weighted by molar-refractivity contribution is 0.112. The third-order valence-corrected chi connectivity index (χ3v) is 4.30. The van der Waals surface area contributed by atoms with Crippen molar-refractivity contribution in [1.82, 2.24) is 0 Å². The van der Waals surface area contributed by atoms with Crippen molar-refractivity contribution >= 4 is 30.1 Å². The standard InChI is InChI=1S/C15H16NO2P/c1-19(2,18)15-8-4-7-14(10-15)16-13-6-3-5-12(9-13)11-17/h3-11,16H,1-2H3. The second kappa shape index (κ2) is 5.41. The van der Waals surface area contributed by atoms with Gasteiger partial charge in [-0.25, -0.2) is 0 Å². The van der Waals surface area contributed by atoms with Crippen LogP contribution in [-0.2, 0) is 4.57 Å². The van der Waals surface area contributed by atoms with Crippen LogP contribution in [0.4, 0.5) is 11.4 Å². The third-order valence-electron chi connectivity index (χ3n) is 2.78. The highest BCUT2D eigenvalue weighted by Gasteiger charge is 2.10. The summed E-state index contributed by atoms with van der Waals surface area (Å²) in [6.45, 7) is 3.50. The largest absolute Gasteiger partial charge is 0.355 e. The van der Waals surface area contributed by atoms with E-state index in [1.807, 2.05) is 36.4 Å². The lowest BCUT2D eigenvalue weighted by Gasteiger charge is -2.11. The fourth-order valence-electron chi connectivity index (χ4n) is 1.78. The Morgan fingerprint density at radius 3 is 2.26 bits per heavy atom. The fraction of sp³-hybridized carbons (Fsp3) is 0.133. The molecule has 0 aliphatic carbocycles. The number of hydrogen-bond donors (Lipinski definition) is 1. The number of anilines is 2. The number of aldehydes is 1. The molecule has 98 valence electrons. The molecular formula is C15H16NO2P. The molecule has 0 unspecified atom stereocenters. The van der Waals surface area contributed by atoms with Crippen molar-refractivity contribution in [3.05, 3.63) is 54.1 Å². The van der Waals surface area contributed by atoms with Crippen molar-refractivity contribution in [3.63, 3.8) is 0 Å². The Morgan fingerprint density at radius 1 is 1.00 bits per heavy atom. The monoisotopic (exact) mass is 273 g/mol. The quantitative estimate of drug-likeness (QED) is 0.685. The maximum absolute atomic E-state index is 12.0.